The van der Waals surface area contributed by atoms with E-state index in [0.29, 0.717) is 11.1 Å². The summed E-state index contributed by atoms with van der Waals surface area (Å²) in [6.07, 6.45) is 0. The van der Waals surface area contributed by atoms with Crippen LogP contribution in [0.25, 0.3) is 0 Å². The summed E-state index contributed by atoms with van der Waals surface area (Å²) >= 11 is 0. The van der Waals surface area contributed by atoms with E-state index in [4.69, 9.17) is 0 Å². The zero-order valence-corrected chi connectivity index (χ0v) is 24.4. The molecule has 5 atom stereocenters. The Balaban J connectivity index is 1.65. The molecule has 3 heteroatoms. The summed E-state index contributed by atoms with van der Waals surface area (Å²) in [6.45, 7) is 4.04. The largest absolute Gasteiger partial charge is 0.298 e. The van der Waals surface area contributed by atoms with Gasteiger partial charge in [-0.3, -0.25) is 14.4 Å². The van der Waals surface area contributed by atoms with E-state index < -0.39 is 29.6 Å². The molecule has 0 aliphatic heterocycles. The smallest absolute Gasteiger partial charge is 0.173 e. The third-order valence-electron chi connectivity index (χ3n) is 8.89. The molecule has 1 fully saturated rings. The summed E-state index contributed by atoms with van der Waals surface area (Å²) < 4.78 is 0. The number of hydrogen-bond acceptors (Lipinski definition) is 3. The van der Waals surface area contributed by atoms with Crippen molar-refractivity contribution in [2.24, 2.45) is 11.8 Å². The molecule has 5 aromatic carbocycles. The van der Waals surface area contributed by atoms with Gasteiger partial charge >= 0.3 is 0 Å². The number of Topliss-reactive ketones (excluding diaryl/α,β-unsaturated/α-hetero) is 3. The van der Waals surface area contributed by atoms with Gasteiger partial charge in [0, 0.05) is 28.9 Å². The lowest BCUT2D eigenvalue weighted by Crippen LogP contribution is -2.49. The van der Waals surface area contributed by atoms with Crippen LogP contribution in [0.1, 0.15) is 66.3 Å². The molecule has 212 valence electrons. The number of rotatable bonds is 7. The van der Waals surface area contributed by atoms with Crippen molar-refractivity contribution in [3.8, 4) is 0 Å². The fourth-order valence-electron chi connectivity index (χ4n) is 6.79. The highest BCUT2D eigenvalue weighted by molar-refractivity contribution is 6.15. The minimum atomic E-state index is -1.03. The van der Waals surface area contributed by atoms with Gasteiger partial charge in [-0.1, -0.05) is 151 Å². The molecule has 43 heavy (non-hydrogen) atoms. The van der Waals surface area contributed by atoms with E-state index in [0.717, 1.165) is 27.8 Å². The van der Waals surface area contributed by atoms with E-state index in [2.05, 4.69) is 0 Å². The van der Waals surface area contributed by atoms with E-state index >= 15 is 4.79 Å². The Bertz CT molecular complexity index is 1720. The number of ketones is 3. The van der Waals surface area contributed by atoms with Crippen LogP contribution >= 0.6 is 0 Å². The van der Waals surface area contributed by atoms with E-state index in [1.54, 1.807) is 12.1 Å². The van der Waals surface area contributed by atoms with Crippen LogP contribution in [0.15, 0.2) is 140 Å². The van der Waals surface area contributed by atoms with Crippen molar-refractivity contribution in [1.29, 1.82) is 0 Å². The normalized spacial score (nSPS) is 21.7. The van der Waals surface area contributed by atoms with E-state index in [-0.39, 0.29) is 17.3 Å². The van der Waals surface area contributed by atoms with Crippen molar-refractivity contribution < 1.29 is 14.4 Å². The Morgan fingerprint density at radius 1 is 0.465 bits per heavy atom. The molecule has 1 saturated carbocycles. The highest BCUT2D eigenvalue weighted by Crippen LogP contribution is 2.55. The third-order valence-corrected chi connectivity index (χ3v) is 8.89. The molecule has 1 aliphatic rings. The Morgan fingerprint density at radius 3 is 1.37 bits per heavy atom. The van der Waals surface area contributed by atoms with Crippen LogP contribution in [0.3, 0.4) is 0 Å². The first kappa shape index (κ1) is 28.2. The number of benzene rings is 5. The topological polar surface area (TPSA) is 51.2 Å². The Morgan fingerprint density at radius 2 is 0.884 bits per heavy atom. The lowest BCUT2D eigenvalue weighted by atomic mass is 9.54. The minimum Gasteiger partial charge on any atom is -0.298 e. The fourth-order valence-corrected chi connectivity index (χ4v) is 6.79. The van der Waals surface area contributed by atoms with Crippen LogP contribution in [0.2, 0.25) is 0 Å². The molecule has 0 N–H and O–H groups in total. The molecule has 0 aromatic heterocycles. The number of carbonyl (C=O) groups is 3. The standard InChI is InChI=1S/C40H34O3/c1-26-18-22-29(23-19-26)33-35(28-12-6-3-7-13-28)40(43)37(39(42)32-16-10-5-11-17-32)34(30-24-20-27(2)21-25-30)36(33)38(41)31-14-8-4-9-15-31/h3-25,33-37H,1-2H3/t33-,34-,35-,36+,37?/m1/s1. The monoisotopic (exact) mass is 562 g/mol. The molecule has 0 amide bonds. The van der Waals surface area contributed by atoms with Crippen molar-refractivity contribution in [3.05, 3.63) is 178 Å². The van der Waals surface area contributed by atoms with Crippen LogP contribution in [-0.2, 0) is 4.79 Å². The van der Waals surface area contributed by atoms with Crippen LogP contribution in [0, 0.1) is 25.7 Å². The molecular formula is C40H34O3. The first-order valence-corrected chi connectivity index (χ1v) is 14.8. The predicted molar refractivity (Wildman–Crippen MR) is 171 cm³/mol. The van der Waals surface area contributed by atoms with Gasteiger partial charge in [0.1, 0.15) is 0 Å². The van der Waals surface area contributed by atoms with Crippen LogP contribution in [0.5, 0.6) is 0 Å². The van der Waals surface area contributed by atoms with E-state index in [1.165, 1.54) is 0 Å². The molecule has 0 radical (unpaired) electrons. The molecule has 3 nitrogen and oxygen atoms in total. The maximum atomic E-state index is 15.0. The van der Waals surface area contributed by atoms with E-state index in [9.17, 15) is 9.59 Å². The van der Waals surface area contributed by atoms with E-state index in [1.807, 2.05) is 141 Å². The maximum Gasteiger partial charge on any atom is 0.173 e. The van der Waals surface area contributed by atoms with Crippen molar-refractivity contribution >= 4 is 17.3 Å². The number of aryl methyl sites for hydroxylation is 2. The van der Waals surface area contributed by atoms with Crippen molar-refractivity contribution in [3.63, 3.8) is 0 Å². The van der Waals surface area contributed by atoms with Gasteiger partial charge in [-0.2, -0.15) is 0 Å². The van der Waals surface area contributed by atoms with Crippen LogP contribution in [0.4, 0.5) is 0 Å². The SMILES string of the molecule is Cc1ccc([C@H]2[C@H](C(=O)c3ccccc3)[C@@H](c3ccc(C)cc3)C(C(=O)c3ccccc3)C(=O)[C@@H]2c2ccccc2)cc1. The van der Waals surface area contributed by atoms with Gasteiger partial charge in [0.2, 0.25) is 0 Å². The quantitative estimate of drug-likeness (QED) is 0.148. The fraction of sp³-hybridized carbons (Fsp3) is 0.175. The second-order valence-electron chi connectivity index (χ2n) is 11.6. The third kappa shape index (κ3) is 5.51. The Labute approximate surface area is 253 Å². The number of hydrogen-bond donors (Lipinski definition) is 0. The molecule has 0 saturated heterocycles. The average Bonchev–Trinajstić information content (AvgIpc) is 3.05. The van der Waals surface area contributed by atoms with Gasteiger partial charge < -0.3 is 0 Å². The number of carbonyl (C=O) groups excluding carboxylic acids is 3. The molecule has 0 heterocycles. The average molecular weight is 563 g/mol. The highest BCUT2D eigenvalue weighted by atomic mass is 16.2. The lowest BCUT2D eigenvalue weighted by molar-refractivity contribution is -0.127. The maximum absolute atomic E-state index is 15.0. The summed E-state index contributed by atoms with van der Waals surface area (Å²) in [6, 6.07) is 44.1. The second kappa shape index (κ2) is 12.1. The summed E-state index contributed by atoms with van der Waals surface area (Å²) in [4.78, 5) is 44.4. The lowest BCUT2D eigenvalue weighted by Gasteiger charge is -2.46. The zero-order chi connectivity index (χ0) is 29.9. The second-order valence-corrected chi connectivity index (χ2v) is 11.6. The molecule has 1 unspecified atom stereocenters. The first-order chi connectivity index (χ1) is 20.9. The zero-order valence-electron chi connectivity index (χ0n) is 24.4. The van der Waals surface area contributed by atoms with Gasteiger partial charge in [0.25, 0.3) is 0 Å². The van der Waals surface area contributed by atoms with Gasteiger partial charge in [0.05, 0.1) is 11.8 Å². The van der Waals surface area contributed by atoms with Crippen molar-refractivity contribution in [1.82, 2.24) is 0 Å². The van der Waals surface area contributed by atoms with Gasteiger partial charge in [-0.25, -0.2) is 0 Å². The molecule has 0 bridgehead atoms. The van der Waals surface area contributed by atoms with Gasteiger partial charge in [0.15, 0.2) is 17.3 Å². The molecule has 1 aliphatic carbocycles. The first-order valence-electron chi connectivity index (χ1n) is 14.8. The molecule has 6 rings (SSSR count). The summed E-state index contributed by atoms with van der Waals surface area (Å²) in [5.74, 6) is -3.97. The summed E-state index contributed by atoms with van der Waals surface area (Å²) in [5, 5.41) is 0. The van der Waals surface area contributed by atoms with Crippen LogP contribution < -0.4 is 0 Å². The summed E-state index contributed by atoms with van der Waals surface area (Å²) in [5.41, 5.74) is 5.78. The highest BCUT2D eigenvalue weighted by Gasteiger charge is 2.56. The molecule has 5 aromatic rings. The molecule has 0 spiro atoms. The molecular weight excluding hydrogens is 528 g/mol. The summed E-state index contributed by atoms with van der Waals surface area (Å²) in [7, 11) is 0. The van der Waals surface area contributed by atoms with Gasteiger partial charge in [-0.15, -0.1) is 0 Å². The van der Waals surface area contributed by atoms with Crippen LogP contribution in [-0.4, -0.2) is 17.3 Å². The predicted octanol–water partition coefficient (Wildman–Crippen LogP) is 8.54. The van der Waals surface area contributed by atoms with Gasteiger partial charge in [-0.05, 0) is 30.5 Å². The van der Waals surface area contributed by atoms with Crippen molar-refractivity contribution in [2.75, 3.05) is 0 Å². The Hall–Kier alpha value is -4.89. The Kier molecular flexibility index (Phi) is 7.98. The minimum absolute atomic E-state index is 0.0592. The van der Waals surface area contributed by atoms with Crippen molar-refractivity contribution in [2.45, 2.75) is 31.6 Å².